The number of benzene rings is 8. The molecule has 8 aromatic carbocycles. The Morgan fingerprint density at radius 1 is 0.369 bits per heavy atom. The molecule has 6 heteroatoms. The summed E-state index contributed by atoms with van der Waals surface area (Å²) >= 11 is 0. The maximum atomic E-state index is 5.47. The molecule has 13 rings (SSSR count). The van der Waals surface area contributed by atoms with Gasteiger partial charge in [0.15, 0.2) is 11.6 Å². The van der Waals surface area contributed by atoms with Crippen molar-refractivity contribution in [3.63, 3.8) is 0 Å². The highest BCUT2D eigenvalue weighted by Crippen LogP contribution is 2.50. The second-order valence-corrected chi connectivity index (χ2v) is 19.1. The van der Waals surface area contributed by atoms with Gasteiger partial charge in [0.1, 0.15) is 0 Å². The van der Waals surface area contributed by atoms with Gasteiger partial charge in [0, 0.05) is 54.8 Å². The normalized spacial score (nSPS) is 14.6. The van der Waals surface area contributed by atoms with E-state index in [1.807, 2.05) is 6.07 Å². The van der Waals surface area contributed by atoms with Crippen LogP contribution in [0.2, 0.25) is 0 Å². The first kappa shape index (κ1) is 37.7. The molecule has 6 nitrogen and oxygen atoms in total. The van der Waals surface area contributed by atoms with E-state index in [-0.39, 0.29) is 10.8 Å². The standard InChI is InChI=1S/C59H46N6/c1-58(2)33-34-59(3,4)47-36-52-45(35-46(47)58)53-51(32-31-44-43-23-13-16-26-50(43)64(54(44)53)39-19-9-6-10-20-39)65(52)57-61-55(37-17-7-5-8-18-37)60-56(62-57)38-27-29-40(30-28-38)63-48-24-14-11-21-41(48)42-22-12-15-25-49(42)63/h5-32,35-36H,33-34H2,1-4H3. The minimum atomic E-state index is -0.00778. The first-order valence-corrected chi connectivity index (χ1v) is 22.8. The molecule has 0 N–H and O–H groups in total. The van der Waals surface area contributed by atoms with Crippen molar-refractivity contribution in [1.82, 2.24) is 28.7 Å². The minimum Gasteiger partial charge on any atom is -0.309 e. The van der Waals surface area contributed by atoms with Crippen LogP contribution in [0, 0.1) is 0 Å². The second kappa shape index (κ2) is 13.8. The van der Waals surface area contributed by atoms with Crippen LogP contribution in [-0.4, -0.2) is 28.7 Å². The molecule has 0 aliphatic heterocycles. The molecule has 0 unspecified atom stereocenters. The second-order valence-electron chi connectivity index (χ2n) is 19.1. The van der Waals surface area contributed by atoms with Crippen LogP contribution in [0.15, 0.2) is 182 Å². The quantitative estimate of drug-likeness (QED) is 0.173. The van der Waals surface area contributed by atoms with Crippen LogP contribution >= 0.6 is 0 Å². The van der Waals surface area contributed by atoms with Gasteiger partial charge in [-0.2, -0.15) is 9.97 Å². The number of hydrogen-bond donors (Lipinski definition) is 0. The van der Waals surface area contributed by atoms with Crippen molar-refractivity contribution >= 4 is 65.4 Å². The van der Waals surface area contributed by atoms with E-state index in [4.69, 9.17) is 15.0 Å². The molecule has 65 heavy (non-hydrogen) atoms. The first-order valence-electron chi connectivity index (χ1n) is 22.8. The largest absolute Gasteiger partial charge is 0.309 e. The molecule has 4 aromatic heterocycles. The third-order valence-electron chi connectivity index (χ3n) is 14.4. The molecule has 0 atom stereocenters. The zero-order valence-corrected chi connectivity index (χ0v) is 36.9. The van der Waals surface area contributed by atoms with Gasteiger partial charge in [-0.15, -0.1) is 0 Å². The van der Waals surface area contributed by atoms with Gasteiger partial charge in [-0.05, 0) is 108 Å². The minimum absolute atomic E-state index is 0.00778. The Kier molecular flexibility index (Phi) is 8.02. The van der Waals surface area contributed by atoms with Crippen LogP contribution in [-0.2, 0) is 10.8 Å². The fourth-order valence-corrected chi connectivity index (χ4v) is 10.9. The van der Waals surface area contributed by atoms with Gasteiger partial charge < -0.3 is 9.13 Å². The lowest BCUT2D eigenvalue weighted by atomic mass is 9.63. The molecule has 0 spiro atoms. The monoisotopic (exact) mass is 838 g/mol. The predicted molar refractivity (Wildman–Crippen MR) is 269 cm³/mol. The molecule has 1 aliphatic rings. The average molecular weight is 839 g/mol. The zero-order valence-electron chi connectivity index (χ0n) is 36.9. The highest BCUT2D eigenvalue weighted by atomic mass is 15.2. The third kappa shape index (κ3) is 5.63. The van der Waals surface area contributed by atoms with Crippen molar-refractivity contribution in [2.24, 2.45) is 0 Å². The Morgan fingerprint density at radius 2 is 0.862 bits per heavy atom. The van der Waals surface area contributed by atoms with Gasteiger partial charge in [0.25, 0.3) is 0 Å². The van der Waals surface area contributed by atoms with E-state index in [2.05, 4.69) is 217 Å². The Balaban J connectivity index is 1.11. The Labute approximate surface area is 377 Å². The lowest BCUT2D eigenvalue weighted by Crippen LogP contribution is -2.33. The highest BCUT2D eigenvalue weighted by Gasteiger charge is 2.38. The molecule has 12 aromatic rings. The fraction of sp³-hybridized carbons (Fsp3) is 0.136. The summed E-state index contributed by atoms with van der Waals surface area (Å²) < 4.78 is 7.12. The lowest BCUT2D eigenvalue weighted by molar-refractivity contribution is 0.332. The number of aromatic nitrogens is 6. The van der Waals surface area contributed by atoms with Crippen molar-refractivity contribution in [2.75, 3.05) is 0 Å². The zero-order chi connectivity index (χ0) is 43.6. The summed E-state index contributed by atoms with van der Waals surface area (Å²) in [6.07, 6.45) is 2.24. The fourth-order valence-electron chi connectivity index (χ4n) is 10.9. The summed E-state index contributed by atoms with van der Waals surface area (Å²) in [5, 5.41) is 7.32. The van der Waals surface area contributed by atoms with Crippen LogP contribution in [0.3, 0.4) is 0 Å². The van der Waals surface area contributed by atoms with Gasteiger partial charge in [0.2, 0.25) is 5.95 Å². The van der Waals surface area contributed by atoms with Gasteiger partial charge in [0.05, 0.1) is 33.1 Å². The van der Waals surface area contributed by atoms with Gasteiger partial charge in [-0.25, -0.2) is 4.98 Å². The van der Waals surface area contributed by atoms with Crippen LogP contribution in [0.4, 0.5) is 0 Å². The van der Waals surface area contributed by atoms with Crippen molar-refractivity contribution in [3.05, 3.63) is 193 Å². The molecule has 0 fully saturated rings. The van der Waals surface area contributed by atoms with Gasteiger partial charge in [-0.1, -0.05) is 137 Å². The molecule has 0 radical (unpaired) electrons. The van der Waals surface area contributed by atoms with Crippen LogP contribution < -0.4 is 0 Å². The molecule has 0 amide bonds. The molecular weight excluding hydrogens is 793 g/mol. The molecule has 312 valence electrons. The average Bonchev–Trinajstić information content (AvgIpc) is 3.99. The molecule has 0 saturated carbocycles. The first-order chi connectivity index (χ1) is 31.7. The van der Waals surface area contributed by atoms with Crippen molar-refractivity contribution in [3.8, 4) is 40.1 Å². The predicted octanol–water partition coefficient (Wildman–Crippen LogP) is 14.8. The van der Waals surface area contributed by atoms with E-state index in [1.165, 1.54) is 65.5 Å². The summed E-state index contributed by atoms with van der Waals surface area (Å²) in [6.45, 7) is 9.64. The van der Waals surface area contributed by atoms with Crippen LogP contribution in [0.1, 0.15) is 51.7 Å². The Bertz CT molecular complexity index is 3810. The summed E-state index contributed by atoms with van der Waals surface area (Å²) in [6, 6.07) is 65.4. The van der Waals surface area contributed by atoms with E-state index in [0.29, 0.717) is 17.6 Å². The SMILES string of the molecule is CC1(C)CCC(C)(C)c2cc3c(cc21)c1c(ccc2c4ccccc4n(-c4ccccc4)c21)n3-c1nc(-c2ccccc2)nc(-c2ccc(-n3c4ccccc4c4ccccc43)cc2)n1. The van der Waals surface area contributed by atoms with Crippen molar-refractivity contribution in [1.29, 1.82) is 0 Å². The van der Waals surface area contributed by atoms with Gasteiger partial charge >= 0.3 is 0 Å². The number of nitrogens with zero attached hydrogens (tertiary/aromatic N) is 6. The summed E-state index contributed by atoms with van der Waals surface area (Å²) in [5.74, 6) is 1.84. The number of hydrogen-bond acceptors (Lipinski definition) is 3. The van der Waals surface area contributed by atoms with E-state index in [0.717, 1.165) is 46.4 Å². The van der Waals surface area contributed by atoms with Crippen molar-refractivity contribution in [2.45, 2.75) is 51.4 Å². The molecule has 0 saturated heterocycles. The van der Waals surface area contributed by atoms with Crippen LogP contribution in [0.5, 0.6) is 0 Å². The maximum absolute atomic E-state index is 5.47. The van der Waals surface area contributed by atoms with E-state index < -0.39 is 0 Å². The van der Waals surface area contributed by atoms with E-state index in [9.17, 15) is 0 Å². The third-order valence-corrected chi connectivity index (χ3v) is 14.4. The van der Waals surface area contributed by atoms with Crippen LogP contribution in [0.25, 0.3) is 106 Å². The summed E-state index contributed by atoms with van der Waals surface area (Å²) in [4.78, 5) is 16.1. The molecule has 1 aliphatic carbocycles. The molecular formula is C59H46N6. The number of para-hydroxylation sites is 4. The van der Waals surface area contributed by atoms with Gasteiger partial charge in [-0.3, -0.25) is 4.57 Å². The topological polar surface area (TPSA) is 53.5 Å². The molecule has 4 heterocycles. The van der Waals surface area contributed by atoms with E-state index >= 15 is 0 Å². The smallest absolute Gasteiger partial charge is 0.238 e. The molecule has 0 bridgehead atoms. The number of fused-ring (bicyclic) bond motifs is 11. The maximum Gasteiger partial charge on any atom is 0.238 e. The highest BCUT2D eigenvalue weighted by molar-refractivity contribution is 6.26. The Hall–Kier alpha value is -7.83. The van der Waals surface area contributed by atoms with E-state index in [1.54, 1.807) is 0 Å². The number of rotatable bonds is 5. The lowest BCUT2D eigenvalue weighted by Gasteiger charge is -2.42. The summed E-state index contributed by atoms with van der Waals surface area (Å²) in [7, 11) is 0. The summed E-state index contributed by atoms with van der Waals surface area (Å²) in [5.41, 5.74) is 13.8. The van der Waals surface area contributed by atoms with Crippen molar-refractivity contribution < 1.29 is 0 Å². The Morgan fingerprint density at radius 3 is 1.48 bits per heavy atom.